The molecule has 0 spiro atoms. The normalized spacial score (nSPS) is 12.6. The molecule has 6 heteroatoms. The van der Waals surface area contributed by atoms with Crippen LogP contribution in [-0.4, -0.2) is 52.5 Å². The van der Waals surface area contributed by atoms with E-state index >= 15 is 0 Å². The number of rotatable bonds is 58. The largest absolute Gasteiger partial charge is 0.465 e. The van der Waals surface area contributed by atoms with Gasteiger partial charge in [-0.2, -0.15) is 12.6 Å². The summed E-state index contributed by atoms with van der Waals surface area (Å²) in [6, 6.07) is 0. The van der Waals surface area contributed by atoms with Gasteiger partial charge in [-0.05, 0) is 25.7 Å². The summed E-state index contributed by atoms with van der Waals surface area (Å²) in [5, 5.41) is 31.4. The van der Waals surface area contributed by atoms with Crippen LogP contribution in [-0.2, 0) is 9.53 Å². The van der Waals surface area contributed by atoms with Crippen LogP contribution in [0.4, 0.5) is 0 Å². The lowest BCUT2D eigenvalue weighted by Crippen LogP contribution is -2.46. The van der Waals surface area contributed by atoms with Crippen molar-refractivity contribution in [2.75, 3.05) is 26.4 Å². The second-order valence-corrected chi connectivity index (χ2v) is 23.3. The number of esters is 1. The molecule has 0 amide bonds. The summed E-state index contributed by atoms with van der Waals surface area (Å²) in [5.74, 6) is -0.848. The molecule has 68 heavy (non-hydrogen) atoms. The minimum Gasteiger partial charge on any atom is -0.465 e. The van der Waals surface area contributed by atoms with Gasteiger partial charge in [-0.15, -0.1) is 0 Å². The smallest absolute Gasteiger partial charge is 0.310 e. The van der Waals surface area contributed by atoms with Crippen molar-refractivity contribution in [2.45, 2.75) is 353 Å². The standard InChI is InChI=1S/C62H124O5S/c1-4-7-10-13-16-19-22-25-28-31-34-37-40-43-46-49-52-62(68,53-50-47-44-41-38-35-32-29-26-23-20-17-14-11-8-5-2)59(55-61(56-63,57-64)58-65)60(66)67-54-51-48-45-42-39-36-33-30-27-24-21-18-15-12-9-6-3/h59,63-65,68H,4-58H2,1-3H3. The number of aliphatic hydroxyl groups excluding tert-OH is 3. The number of unbranched alkanes of at least 4 members (excludes halogenated alkanes) is 45. The molecule has 0 aromatic rings. The third kappa shape index (κ3) is 42.2. The first-order valence-electron chi connectivity index (χ1n) is 31.1. The van der Waals surface area contributed by atoms with Crippen LogP contribution in [0.1, 0.15) is 348 Å². The zero-order valence-corrected chi connectivity index (χ0v) is 47.5. The van der Waals surface area contributed by atoms with Crippen molar-refractivity contribution in [3.63, 3.8) is 0 Å². The Bertz CT molecular complexity index is 942. The van der Waals surface area contributed by atoms with Gasteiger partial charge in [-0.25, -0.2) is 0 Å². The third-order valence-electron chi connectivity index (χ3n) is 15.7. The summed E-state index contributed by atoms with van der Waals surface area (Å²) in [7, 11) is 0. The van der Waals surface area contributed by atoms with E-state index in [1.54, 1.807) is 0 Å². The Kier molecular flexibility index (Phi) is 52.8. The maximum Gasteiger partial charge on any atom is 0.310 e. The van der Waals surface area contributed by atoms with E-state index in [4.69, 9.17) is 17.4 Å². The molecule has 0 aromatic carbocycles. The van der Waals surface area contributed by atoms with Crippen LogP contribution in [0.3, 0.4) is 0 Å². The molecule has 0 saturated heterocycles. The number of thiol groups is 1. The van der Waals surface area contributed by atoms with Crippen molar-refractivity contribution >= 4 is 18.6 Å². The number of hydrogen-bond acceptors (Lipinski definition) is 6. The summed E-state index contributed by atoms with van der Waals surface area (Å²) in [6.45, 7) is 6.16. The minimum absolute atomic E-state index is 0.190. The van der Waals surface area contributed by atoms with Gasteiger partial charge in [0.1, 0.15) is 0 Å². The van der Waals surface area contributed by atoms with E-state index in [2.05, 4.69) is 20.8 Å². The number of carbonyl (C=O) groups is 1. The first-order chi connectivity index (χ1) is 33.4. The zero-order chi connectivity index (χ0) is 49.8. The van der Waals surface area contributed by atoms with Crippen molar-refractivity contribution in [2.24, 2.45) is 11.3 Å². The quantitative estimate of drug-likeness (QED) is 0.0277. The fourth-order valence-corrected chi connectivity index (χ4v) is 11.1. The predicted molar refractivity (Wildman–Crippen MR) is 302 cm³/mol. The van der Waals surface area contributed by atoms with E-state index in [0.29, 0.717) is 6.61 Å². The predicted octanol–water partition coefficient (Wildman–Crippen LogP) is 19.7. The van der Waals surface area contributed by atoms with Crippen molar-refractivity contribution in [3.8, 4) is 0 Å². The van der Waals surface area contributed by atoms with E-state index in [1.165, 1.54) is 270 Å². The molecule has 0 fully saturated rings. The Labute approximate surface area is 432 Å². The fraction of sp³-hybridized carbons (Fsp3) is 0.984. The number of carbonyl (C=O) groups excluding carboxylic acids is 1. The van der Waals surface area contributed by atoms with Crippen molar-refractivity contribution in [1.82, 2.24) is 0 Å². The molecule has 0 bridgehead atoms. The maximum absolute atomic E-state index is 14.2. The van der Waals surface area contributed by atoms with Crippen LogP contribution in [0.25, 0.3) is 0 Å². The Balaban J connectivity index is 5.04. The molecule has 408 valence electrons. The molecule has 0 rings (SSSR count). The molecule has 0 aliphatic rings. The van der Waals surface area contributed by atoms with Crippen molar-refractivity contribution in [1.29, 1.82) is 0 Å². The van der Waals surface area contributed by atoms with Crippen molar-refractivity contribution < 1.29 is 24.9 Å². The van der Waals surface area contributed by atoms with Crippen LogP contribution >= 0.6 is 12.6 Å². The molecule has 5 nitrogen and oxygen atoms in total. The van der Waals surface area contributed by atoms with Gasteiger partial charge in [0, 0.05) is 10.2 Å². The van der Waals surface area contributed by atoms with E-state index in [-0.39, 0.29) is 32.2 Å². The molecule has 1 atom stereocenters. The second kappa shape index (κ2) is 53.0. The van der Waals surface area contributed by atoms with Crippen LogP contribution in [0, 0.1) is 11.3 Å². The monoisotopic (exact) mass is 981 g/mol. The summed E-state index contributed by atoms with van der Waals surface area (Å²) in [4.78, 5) is 14.2. The zero-order valence-electron chi connectivity index (χ0n) is 46.6. The van der Waals surface area contributed by atoms with Crippen LogP contribution < -0.4 is 0 Å². The molecule has 0 aliphatic carbocycles. The van der Waals surface area contributed by atoms with Crippen LogP contribution in [0.2, 0.25) is 0 Å². The van der Waals surface area contributed by atoms with E-state index in [0.717, 1.165) is 51.4 Å². The Morgan fingerprint density at radius 2 is 0.559 bits per heavy atom. The highest BCUT2D eigenvalue weighted by molar-refractivity contribution is 7.81. The summed E-state index contributed by atoms with van der Waals surface area (Å²) in [5.41, 5.74) is -1.14. The molecule has 0 saturated carbocycles. The average molecular weight is 982 g/mol. The van der Waals surface area contributed by atoms with Gasteiger partial charge < -0.3 is 20.1 Å². The van der Waals surface area contributed by atoms with Crippen LogP contribution in [0.15, 0.2) is 0 Å². The number of aliphatic hydroxyl groups is 3. The highest BCUT2D eigenvalue weighted by Crippen LogP contribution is 2.43. The summed E-state index contributed by atoms with van der Waals surface area (Å²) >= 11 is 5.45. The Morgan fingerprint density at radius 1 is 0.353 bits per heavy atom. The first-order valence-corrected chi connectivity index (χ1v) is 31.5. The topological polar surface area (TPSA) is 87.0 Å². The molecule has 0 radical (unpaired) electrons. The van der Waals surface area contributed by atoms with E-state index in [1.807, 2.05) is 0 Å². The van der Waals surface area contributed by atoms with Crippen molar-refractivity contribution in [3.05, 3.63) is 0 Å². The molecular formula is C62H124O5S. The fourth-order valence-electron chi connectivity index (χ4n) is 10.6. The number of hydrogen-bond donors (Lipinski definition) is 4. The third-order valence-corrected chi connectivity index (χ3v) is 16.5. The summed E-state index contributed by atoms with van der Waals surface area (Å²) < 4.78 is 5.47. The van der Waals surface area contributed by atoms with Gasteiger partial charge in [-0.3, -0.25) is 4.79 Å². The summed E-state index contributed by atoms with van der Waals surface area (Å²) in [6.07, 6.45) is 65.1. The first kappa shape index (κ1) is 67.7. The lowest BCUT2D eigenvalue weighted by atomic mass is 9.72. The molecule has 0 heterocycles. The molecule has 1 unspecified atom stereocenters. The SMILES string of the molecule is CCCCCCCCCCCCCCCCCCOC(=O)C(CC(CO)(CO)CO)C(S)(CCCCCCCCCCCCCCCCCC)CCCCCCCCCCCCCCCCCC. The van der Waals surface area contributed by atoms with Gasteiger partial charge in [0.2, 0.25) is 0 Å². The highest BCUT2D eigenvalue weighted by atomic mass is 32.1. The molecular weight excluding hydrogens is 857 g/mol. The van der Waals surface area contributed by atoms with E-state index < -0.39 is 16.1 Å². The highest BCUT2D eigenvalue weighted by Gasteiger charge is 2.45. The minimum atomic E-state index is -1.14. The van der Waals surface area contributed by atoms with Gasteiger partial charge in [0.25, 0.3) is 0 Å². The molecule has 3 N–H and O–H groups in total. The van der Waals surface area contributed by atoms with Gasteiger partial charge in [-0.1, -0.05) is 323 Å². The Morgan fingerprint density at radius 3 is 0.779 bits per heavy atom. The molecule has 0 aromatic heterocycles. The van der Waals surface area contributed by atoms with Crippen LogP contribution in [0.5, 0.6) is 0 Å². The maximum atomic E-state index is 14.2. The second-order valence-electron chi connectivity index (χ2n) is 22.4. The average Bonchev–Trinajstić information content (AvgIpc) is 3.35. The van der Waals surface area contributed by atoms with Gasteiger partial charge in [0.15, 0.2) is 0 Å². The van der Waals surface area contributed by atoms with Gasteiger partial charge >= 0.3 is 5.97 Å². The molecule has 0 aliphatic heterocycles. The number of ether oxygens (including phenoxy) is 1. The van der Waals surface area contributed by atoms with Gasteiger partial charge in [0.05, 0.1) is 32.3 Å². The van der Waals surface area contributed by atoms with E-state index in [9.17, 15) is 20.1 Å². The lowest BCUT2D eigenvalue weighted by Gasteiger charge is -2.40. The lowest BCUT2D eigenvalue weighted by molar-refractivity contribution is -0.153. The Hall–Kier alpha value is -0.300.